The van der Waals surface area contributed by atoms with E-state index in [-0.39, 0.29) is 23.9 Å². The Morgan fingerprint density at radius 2 is 2.10 bits per heavy atom. The Morgan fingerprint density at radius 3 is 2.62 bits per heavy atom. The average molecular weight is 292 g/mol. The van der Waals surface area contributed by atoms with E-state index in [4.69, 9.17) is 0 Å². The van der Waals surface area contributed by atoms with E-state index >= 15 is 0 Å². The van der Waals surface area contributed by atoms with Crippen molar-refractivity contribution in [3.8, 4) is 0 Å². The predicted octanol–water partition coefficient (Wildman–Crippen LogP) is 1.66. The lowest BCUT2D eigenvalue weighted by Gasteiger charge is -2.24. The molecule has 2 rings (SSSR count). The molecule has 1 aromatic rings. The van der Waals surface area contributed by atoms with Gasteiger partial charge in [0.15, 0.2) is 0 Å². The van der Waals surface area contributed by atoms with Crippen LogP contribution in [-0.2, 0) is 4.79 Å². The first-order valence-electron chi connectivity index (χ1n) is 7.45. The second kappa shape index (κ2) is 5.87. The molecule has 1 aromatic heterocycles. The molecule has 0 bridgehead atoms. The lowest BCUT2D eigenvalue weighted by molar-refractivity contribution is -0.123. The Kier molecular flexibility index (Phi) is 4.34. The highest BCUT2D eigenvalue weighted by atomic mass is 16.2. The molecule has 6 nitrogen and oxygen atoms in total. The number of aromatic nitrogens is 2. The van der Waals surface area contributed by atoms with Crippen LogP contribution < -0.4 is 5.32 Å². The van der Waals surface area contributed by atoms with Crippen LogP contribution in [0.2, 0.25) is 0 Å². The summed E-state index contributed by atoms with van der Waals surface area (Å²) in [5.74, 6) is 0.165. The largest absolute Gasteiger partial charge is 0.350 e. The number of nitrogens with zero attached hydrogens (tertiary/aromatic N) is 2. The molecule has 116 valence electrons. The van der Waals surface area contributed by atoms with Gasteiger partial charge in [0.2, 0.25) is 5.91 Å². The third kappa shape index (κ3) is 4.31. The molecule has 0 saturated heterocycles. The van der Waals surface area contributed by atoms with Crippen molar-refractivity contribution in [1.82, 2.24) is 20.4 Å². The normalized spacial score (nSPS) is 14.9. The fourth-order valence-corrected chi connectivity index (χ4v) is 2.17. The molecule has 0 aliphatic heterocycles. The summed E-state index contributed by atoms with van der Waals surface area (Å²) < 4.78 is 0. The highest BCUT2D eigenvalue weighted by Gasteiger charge is 2.28. The monoisotopic (exact) mass is 292 g/mol. The summed E-state index contributed by atoms with van der Waals surface area (Å²) in [6.45, 7) is 8.13. The second-order valence-corrected chi connectivity index (χ2v) is 6.60. The van der Waals surface area contributed by atoms with Crippen LogP contribution in [0.1, 0.15) is 62.6 Å². The summed E-state index contributed by atoms with van der Waals surface area (Å²) in [6.07, 6.45) is 2.31. The van der Waals surface area contributed by atoms with Crippen molar-refractivity contribution >= 4 is 11.8 Å². The zero-order valence-electron chi connectivity index (χ0n) is 13.2. The number of nitrogens with one attached hydrogen (secondary N) is 2. The minimum absolute atomic E-state index is 0.0538. The smallest absolute Gasteiger partial charge is 0.274 e. The molecule has 0 atom stereocenters. The molecular weight excluding hydrogens is 268 g/mol. The summed E-state index contributed by atoms with van der Waals surface area (Å²) in [5.41, 5.74) is 1.11. The Morgan fingerprint density at radius 1 is 1.43 bits per heavy atom. The van der Waals surface area contributed by atoms with E-state index < -0.39 is 0 Å². The van der Waals surface area contributed by atoms with Gasteiger partial charge in [0, 0.05) is 23.7 Å². The van der Waals surface area contributed by atoms with Crippen LogP contribution in [-0.4, -0.2) is 45.5 Å². The Hall–Kier alpha value is -1.85. The summed E-state index contributed by atoms with van der Waals surface area (Å²) in [4.78, 5) is 25.9. The lowest BCUT2D eigenvalue weighted by Crippen LogP contribution is -2.47. The fourth-order valence-electron chi connectivity index (χ4n) is 2.17. The molecule has 21 heavy (non-hydrogen) atoms. The van der Waals surface area contributed by atoms with E-state index in [1.807, 2.05) is 33.8 Å². The van der Waals surface area contributed by atoms with Gasteiger partial charge in [0.05, 0.1) is 6.54 Å². The zero-order valence-corrected chi connectivity index (χ0v) is 13.2. The summed E-state index contributed by atoms with van der Waals surface area (Å²) in [7, 11) is 0. The maximum Gasteiger partial charge on any atom is 0.274 e. The van der Waals surface area contributed by atoms with Gasteiger partial charge >= 0.3 is 0 Å². The molecule has 0 radical (unpaired) electrons. The third-order valence-electron chi connectivity index (χ3n) is 3.35. The molecule has 1 aliphatic rings. The van der Waals surface area contributed by atoms with Crippen LogP contribution in [0.15, 0.2) is 6.07 Å². The highest BCUT2D eigenvalue weighted by Crippen LogP contribution is 2.39. The van der Waals surface area contributed by atoms with Gasteiger partial charge in [-0.05, 0) is 46.6 Å². The van der Waals surface area contributed by atoms with Gasteiger partial charge in [-0.25, -0.2) is 0 Å². The minimum atomic E-state index is -0.301. The molecular formula is C15H24N4O2. The first kappa shape index (κ1) is 15.5. The van der Waals surface area contributed by atoms with E-state index in [9.17, 15) is 9.59 Å². The van der Waals surface area contributed by atoms with Gasteiger partial charge in [0.25, 0.3) is 5.91 Å². The van der Waals surface area contributed by atoms with Crippen molar-refractivity contribution in [2.75, 3.05) is 13.1 Å². The quantitative estimate of drug-likeness (QED) is 0.866. The van der Waals surface area contributed by atoms with Crippen molar-refractivity contribution in [2.45, 2.75) is 52.0 Å². The lowest BCUT2D eigenvalue weighted by atomic mass is 10.1. The molecule has 2 amide bonds. The molecule has 0 unspecified atom stereocenters. The Bertz CT molecular complexity index is 526. The van der Waals surface area contributed by atoms with Crippen LogP contribution >= 0.6 is 0 Å². The SMILES string of the molecule is CCN(CC(=O)NC(C)(C)C)C(=O)c1cc(C2CC2)[nH]n1. The number of hydrogen-bond acceptors (Lipinski definition) is 3. The predicted molar refractivity (Wildman–Crippen MR) is 80.0 cm³/mol. The van der Waals surface area contributed by atoms with Crippen LogP contribution in [0.5, 0.6) is 0 Å². The first-order valence-corrected chi connectivity index (χ1v) is 7.45. The summed E-state index contributed by atoms with van der Waals surface area (Å²) >= 11 is 0. The van der Waals surface area contributed by atoms with Crippen molar-refractivity contribution in [3.05, 3.63) is 17.5 Å². The molecule has 6 heteroatoms. The topological polar surface area (TPSA) is 78.1 Å². The van der Waals surface area contributed by atoms with Crippen LogP contribution in [0, 0.1) is 0 Å². The number of carbonyl (C=O) groups excluding carboxylic acids is 2. The zero-order chi connectivity index (χ0) is 15.6. The number of H-pyrrole nitrogens is 1. The first-order chi connectivity index (χ1) is 9.80. The maximum absolute atomic E-state index is 12.4. The number of rotatable bonds is 5. The maximum atomic E-state index is 12.4. The summed E-state index contributed by atoms with van der Waals surface area (Å²) in [5, 5.41) is 9.86. The van der Waals surface area contributed by atoms with E-state index in [1.54, 1.807) is 0 Å². The fraction of sp³-hybridized carbons (Fsp3) is 0.667. The van der Waals surface area contributed by atoms with E-state index in [0.29, 0.717) is 18.2 Å². The molecule has 1 heterocycles. The van der Waals surface area contributed by atoms with Gasteiger partial charge in [-0.3, -0.25) is 14.7 Å². The second-order valence-electron chi connectivity index (χ2n) is 6.60. The minimum Gasteiger partial charge on any atom is -0.350 e. The van der Waals surface area contributed by atoms with E-state index in [0.717, 1.165) is 18.5 Å². The van der Waals surface area contributed by atoms with Crippen molar-refractivity contribution in [2.24, 2.45) is 0 Å². The standard InChI is InChI=1S/C15H24N4O2/c1-5-19(9-13(20)16-15(2,3)4)14(21)12-8-11(17-18-12)10-6-7-10/h8,10H,5-7,9H2,1-4H3,(H,16,20)(H,17,18). The molecule has 1 aliphatic carbocycles. The molecule has 1 fully saturated rings. The summed E-state index contributed by atoms with van der Waals surface area (Å²) in [6, 6.07) is 1.81. The number of hydrogen-bond donors (Lipinski definition) is 2. The van der Waals surface area contributed by atoms with E-state index in [2.05, 4.69) is 15.5 Å². The van der Waals surface area contributed by atoms with Gasteiger partial charge in [-0.1, -0.05) is 0 Å². The van der Waals surface area contributed by atoms with Crippen molar-refractivity contribution in [3.63, 3.8) is 0 Å². The number of aromatic amines is 1. The Labute approximate surface area is 125 Å². The highest BCUT2D eigenvalue weighted by molar-refractivity contribution is 5.95. The molecule has 1 saturated carbocycles. The average Bonchev–Trinajstić information content (AvgIpc) is 3.11. The van der Waals surface area contributed by atoms with Crippen LogP contribution in [0.3, 0.4) is 0 Å². The van der Waals surface area contributed by atoms with Gasteiger partial charge < -0.3 is 10.2 Å². The molecule has 0 spiro atoms. The van der Waals surface area contributed by atoms with Crippen molar-refractivity contribution < 1.29 is 9.59 Å². The number of likely N-dealkylation sites (N-methyl/N-ethyl adjacent to an activating group) is 1. The van der Waals surface area contributed by atoms with Gasteiger partial charge in [-0.15, -0.1) is 0 Å². The van der Waals surface area contributed by atoms with Gasteiger partial charge in [-0.2, -0.15) is 5.10 Å². The van der Waals surface area contributed by atoms with Crippen LogP contribution in [0.4, 0.5) is 0 Å². The number of amides is 2. The van der Waals surface area contributed by atoms with E-state index in [1.165, 1.54) is 4.90 Å². The van der Waals surface area contributed by atoms with Crippen LogP contribution in [0.25, 0.3) is 0 Å². The van der Waals surface area contributed by atoms with Crippen molar-refractivity contribution in [1.29, 1.82) is 0 Å². The number of carbonyl (C=O) groups is 2. The third-order valence-corrected chi connectivity index (χ3v) is 3.35. The Balaban J connectivity index is 1.98. The molecule has 0 aromatic carbocycles. The van der Waals surface area contributed by atoms with Gasteiger partial charge in [0.1, 0.15) is 5.69 Å². The molecule has 2 N–H and O–H groups in total.